The van der Waals surface area contributed by atoms with Gasteiger partial charge in [0, 0.05) is 7.11 Å². The van der Waals surface area contributed by atoms with Crippen LogP contribution in [-0.2, 0) is 9.47 Å². The highest BCUT2D eigenvalue weighted by molar-refractivity contribution is 5.50. The van der Waals surface area contributed by atoms with Crippen molar-refractivity contribution < 1.29 is 13.9 Å². The van der Waals surface area contributed by atoms with Gasteiger partial charge in [-0.1, -0.05) is 30.3 Å². The van der Waals surface area contributed by atoms with Gasteiger partial charge in [-0.15, -0.1) is 0 Å². The Kier molecular flexibility index (Phi) is 4.89. The summed E-state index contributed by atoms with van der Waals surface area (Å²) in [5.74, 6) is -0.312. The van der Waals surface area contributed by atoms with E-state index in [-0.39, 0.29) is 19.2 Å². The number of rotatable bonds is 5. The SMILES string of the molecule is COCOC/C(F)=C\c1ccccc1. The molecule has 1 aromatic rings. The number of hydrogen-bond donors (Lipinski definition) is 0. The van der Waals surface area contributed by atoms with Crippen LogP contribution in [0.5, 0.6) is 0 Å². The van der Waals surface area contributed by atoms with Crippen molar-refractivity contribution in [1.82, 2.24) is 0 Å². The van der Waals surface area contributed by atoms with E-state index in [1.807, 2.05) is 30.3 Å². The van der Waals surface area contributed by atoms with Crippen LogP contribution in [0.2, 0.25) is 0 Å². The zero-order chi connectivity index (χ0) is 10.2. The van der Waals surface area contributed by atoms with Gasteiger partial charge in [-0.3, -0.25) is 0 Å². The highest BCUT2D eigenvalue weighted by Crippen LogP contribution is 2.07. The Labute approximate surface area is 83.0 Å². The van der Waals surface area contributed by atoms with Crippen molar-refractivity contribution in [2.75, 3.05) is 20.5 Å². The molecule has 0 amide bonds. The second-order valence-corrected chi connectivity index (χ2v) is 2.76. The van der Waals surface area contributed by atoms with Gasteiger partial charge in [0.25, 0.3) is 0 Å². The molecule has 0 aliphatic rings. The summed E-state index contributed by atoms with van der Waals surface area (Å²) in [6.07, 6.45) is 1.44. The van der Waals surface area contributed by atoms with Gasteiger partial charge in [0.2, 0.25) is 0 Å². The van der Waals surface area contributed by atoms with Crippen molar-refractivity contribution >= 4 is 6.08 Å². The molecule has 1 rings (SSSR count). The molecule has 3 heteroatoms. The minimum Gasteiger partial charge on any atom is -0.359 e. The molecule has 0 spiro atoms. The van der Waals surface area contributed by atoms with E-state index in [0.717, 1.165) is 5.56 Å². The lowest BCUT2D eigenvalue weighted by atomic mass is 10.2. The molecule has 0 fully saturated rings. The van der Waals surface area contributed by atoms with Crippen molar-refractivity contribution in [3.8, 4) is 0 Å². The lowest BCUT2D eigenvalue weighted by Gasteiger charge is -2.00. The molecule has 0 atom stereocenters. The molecular formula is C11H13FO2. The van der Waals surface area contributed by atoms with Gasteiger partial charge in [0.15, 0.2) is 0 Å². The van der Waals surface area contributed by atoms with Crippen LogP contribution in [0.4, 0.5) is 4.39 Å². The largest absolute Gasteiger partial charge is 0.359 e. The van der Waals surface area contributed by atoms with Crippen LogP contribution < -0.4 is 0 Å². The maximum Gasteiger partial charge on any atom is 0.146 e. The van der Waals surface area contributed by atoms with Gasteiger partial charge in [-0.05, 0) is 11.6 Å². The van der Waals surface area contributed by atoms with Crippen LogP contribution in [-0.4, -0.2) is 20.5 Å². The van der Waals surface area contributed by atoms with E-state index < -0.39 is 0 Å². The van der Waals surface area contributed by atoms with Gasteiger partial charge in [0.1, 0.15) is 19.2 Å². The summed E-state index contributed by atoms with van der Waals surface area (Å²) in [5.41, 5.74) is 0.825. The second-order valence-electron chi connectivity index (χ2n) is 2.76. The third-order valence-corrected chi connectivity index (χ3v) is 1.56. The minimum atomic E-state index is -0.312. The van der Waals surface area contributed by atoms with E-state index in [4.69, 9.17) is 4.74 Å². The summed E-state index contributed by atoms with van der Waals surface area (Å²) < 4.78 is 22.6. The van der Waals surface area contributed by atoms with Crippen molar-refractivity contribution in [1.29, 1.82) is 0 Å². The predicted molar refractivity (Wildman–Crippen MR) is 53.4 cm³/mol. The summed E-state index contributed by atoms with van der Waals surface area (Å²) in [6.45, 7) is 0.0543. The van der Waals surface area contributed by atoms with Crippen LogP contribution in [0, 0.1) is 0 Å². The fourth-order valence-corrected chi connectivity index (χ4v) is 0.994. The molecule has 0 N–H and O–H groups in total. The molecule has 0 saturated heterocycles. The molecule has 0 aromatic heterocycles. The van der Waals surface area contributed by atoms with Gasteiger partial charge >= 0.3 is 0 Å². The topological polar surface area (TPSA) is 18.5 Å². The zero-order valence-corrected chi connectivity index (χ0v) is 8.07. The van der Waals surface area contributed by atoms with Crippen molar-refractivity contribution in [2.45, 2.75) is 0 Å². The number of benzene rings is 1. The molecule has 0 heterocycles. The summed E-state index contributed by atoms with van der Waals surface area (Å²) in [6, 6.07) is 9.26. The van der Waals surface area contributed by atoms with E-state index in [0.29, 0.717) is 0 Å². The number of hydrogen-bond acceptors (Lipinski definition) is 2. The highest BCUT2D eigenvalue weighted by atomic mass is 19.1. The average Bonchev–Trinajstić information content (AvgIpc) is 2.20. The normalized spacial score (nSPS) is 11.7. The van der Waals surface area contributed by atoms with Crippen LogP contribution in [0.1, 0.15) is 5.56 Å². The van der Waals surface area contributed by atoms with Crippen LogP contribution in [0.3, 0.4) is 0 Å². The summed E-state index contributed by atoms with van der Waals surface area (Å²) >= 11 is 0. The molecule has 0 saturated carbocycles. The first-order chi connectivity index (χ1) is 6.83. The monoisotopic (exact) mass is 196 g/mol. The first-order valence-electron chi connectivity index (χ1n) is 4.30. The molecule has 76 valence electrons. The summed E-state index contributed by atoms with van der Waals surface area (Å²) in [4.78, 5) is 0. The van der Waals surface area contributed by atoms with Crippen molar-refractivity contribution in [2.24, 2.45) is 0 Å². The third kappa shape index (κ3) is 4.16. The van der Waals surface area contributed by atoms with Crippen LogP contribution >= 0.6 is 0 Å². The molecule has 0 unspecified atom stereocenters. The molecule has 14 heavy (non-hydrogen) atoms. The van der Waals surface area contributed by atoms with E-state index >= 15 is 0 Å². The second kappa shape index (κ2) is 6.29. The zero-order valence-electron chi connectivity index (χ0n) is 8.07. The molecule has 0 radical (unpaired) electrons. The molecule has 0 aliphatic heterocycles. The Balaban J connectivity index is 2.43. The van der Waals surface area contributed by atoms with E-state index in [1.165, 1.54) is 13.2 Å². The van der Waals surface area contributed by atoms with Crippen LogP contribution in [0.25, 0.3) is 6.08 Å². The third-order valence-electron chi connectivity index (χ3n) is 1.56. The van der Waals surface area contributed by atoms with Crippen molar-refractivity contribution in [3.63, 3.8) is 0 Å². The Morgan fingerprint density at radius 3 is 2.71 bits per heavy atom. The summed E-state index contributed by atoms with van der Waals surface area (Å²) in [7, 11) is 1.50. The maximum atomic E-state index is 13.1. The maximum absolute atomic E-state index is 13.1. The van der Waals surface area contributed by atoms with E-state index in [2.05, 4.69) is 4.74 Å². The number of methoxy groups -OCH3 is 1. The van der Waals surface area contributed by atoms with Crippen molar-refractivity contribution in [3.05, 3.63) is 41.7 Å². The average molecular weight is 196 g/mol. The number of halogens is 1. The first-order valence-corrected chi connectivity index (χ1v) is 4.30. The number of ether oxygens (including phenoxy) is 2. The lowest BCUT2D eigenvalue weighted by Crippen LogP contribution is -1.98. The standard InChI is InChI=1S/C11H13FO2/c1-13-9-14-8-11(12)7-10-5-3-2-4-6-10/h2-7H,8-9H2,1H3/b11-7+. The van der Waals surface area contributed by atoms with E-state index in [1.54, 1.807) is 0 Å². The smallest absolute Gasteiger partial charge is 0.146 e. The van der Waals surface area contributed by atoms with Gasteiger partial charge in [-0.25, -0.2) is 4.39 Å². The molecular weight excluding hydrogens is 183 g/mol. The predicted octanol–water partition coefficient (Wildman–Crippen LogP) is 2.62. The van der Waals surface area contributed by atoms with E-state index in [9.17, 15) is 4.39 Å². The Morgan fingerprint density at radius 2 is 2.07 bits per heavy atom. The Bertz CT molecular complexity index is 283. The Hall–Kier alpha value is -1.19. The van der Waals surface area contributed by atoms with Crippen LogP contribution in [0.15, 0.2) is 36.2 Å². The van der Waals surface area contributed by atoms with Gasteiger partial charge < -0.3 is 9.47 Å². The Morgan fingerprint density at radius 1 is 1.36 bits per heavy atom. The lowest BCUT2D eigenvalue weighted by molar-refractivity contribution is -0.0250. The molecule has 0 bridgehead atoms. The fourth-order valence-electron chi connectivity index (χ4n) is 0.994. The quantitative estimate of drug-likeness (QED) is 0.532. The first kappa shape index (κ1) is 10.9. The molecule has 1 aromatic carbocycles. The minimum absolute atomic E-state index is 0.0528. The summed E-state index contributed by atoms with van der Waals surface area (Å²) in [5, 5.41) is 0. The van der Waals surface area contributed by atoms with Gasteiger partial charge in [0.05, 0.1) is 0 Å². The molecule has 2 nitrogen and oxygen atoms in total. The molecule has 0 aliphatic carbocycles. The highest BCUT2D eigenvalue weighted by Gasteiger charge is 1.95. The fraction of sp³-hybridized carbons (Fsp3) is 0.273. The van der Waals surface area contributed by atoms with Gasteiger partial charge in [-0.2, -0.15) is 0 Å².